The molecule has 0 aromatic carbocycles. The summed E-state index contributed by atoms with van der Waals surface area (Å²) in [7, 11) is 0. The van der Waals surface area contributed by atoms with Crippen molar-refractivity contribution in [1.29, 1.82) is 0 Å². The molecule has 0 amide bonds. The predicted octanol–water partition coefficient (Wildman–Crippen LogP) is 2.09. The highest BCUT2D eigenvalue weighted by Gasteiger charge is 2.25. The Morgan fingerprint density at radius 1 is 1.43 bits per heavy atom. The van der Waals surface area contributed by atoms with Gasteiger partial charge in [-0.25, -0.2) is 0 Å². The third-order valence-electron chi connectivity index (χ3n) is 3.68. The van der Waals surface area contributed by atoms with E-state index >= 15 is 0 Å². The first-order valence-electron chi connectivity index (χ1n) is 6.13. The minimum absolute atomic E-state index is 0.683. The fraction of sp³-hybridized carbons (Fsp3) is 1.00. The molecule has 0 aromatic heterocycles. The van der Waals surface area contributed by atoms with Crippen molar-refractivity contribution in [3.8, 4) is 0 Å². The number of rotatable bonds is 5. The van der Waals surface area contributed by atoms with Crippen LogP contribution in [0.25, 0.3) is 0 Å². The average molecular weight is 198 g/mol. The maximum atomic E-state index is 5.81. The smallest absolute Gasteiger partial charge is 0.00932 e. The lowest BCUT2D eigenvalue weighted by Gasteiger charge is -2.29. The zero-order valence-corrected chi connectivity index (χ0v) is 10.00. The zero-order chi connectivity index (χ0) is 10.6. The van der Waals surface area contributed by atoms with Crippen LogP contribution in [0.4, 0.5) is 0 Å². The van der Waals surface area contributed by atoms with Crippen LogP contribution in [0.1, 0.15) is 40.0 Å². The van der Waals surface area contributed by atoms with Gasteiger partial charge in [0.05, 0.1) is 0 Å². The van der Waals surface area contributed by atoms with Gasteiger partial charge in [-0.2, -0.15) is 0 Å². The fourth-order valence-electron chi connectivity index (χ4n) is 2.46. The Kier molecular flexibility index (Phi) is 4.90. The summed E-state index contributed by atoms with van der Waals surface area (Å²) >= 11 is 0. The summed E-state index contributed by atoms with van der Waals surface area (Å²) < 4.78 is 0. The van der Waals surface area contributed by atoms with Crippen LogP contribution in [0, 0.1) is 11.8 Å². The average Bonchev–Trinajstić information content (AvgIpc) is 2.60. The summed E-state index contributed by atoms with van der Waals surface area (Å²) in [6.07, 6.45) is 4.08. The number of likely N-dealkylation sites (tertiary alicyclic amines) is 1. The molecule has 0 radical (unpaired) electrons. The molecule has 1 saturated heterocycles. The molecule has 14 heavy (non-hydrogen) atoms. The van der Waals surface area contributed by atoms with E-state index in [1.807, 2.05) is 0 Å². The second-order valence-electron chi connectivity index (χ2n) is 4.94. The van der Waals surface area contributed by atoms with Gasteiger partial charge in [0.2, 0.25) is 0 Å². The molecule has 2 nitrogen and oxygen atoms in total. The lowest BCUT2D eigenvalue weighted by atomic mass is 9.95. The summed E-state index contributed by atoms with van der Waals surface area (Å²) in [5, 5.41) is 0. The van der Waals surface area contributed by atoms with Gasteiger partial charge in [0.1, 0.15) is 0 Å². The molecule has 1 aliphatic heterocycles. The van der Waals surface area contributed by atoms with E-state index in [1.54, 1.807) is 0 Å². The highest BCUT2D eigenvalue weighted by atomic mass is 15.2. The molecular formula is C12H26N2. The summed E-state index contributed by atoms with van der Waals surface area (Å²) in [6.45, 7) is 10.2. The van der Waals surface area contributed by atoms with Gasteiger partial charge in [-0.05, 0) is 44.2 Å². The van der Waals surface area contributed by atoms with Crippen LogP contribution in [0.5, 0.6) is 0 Å². The van der Waals surface area contributed by atoms with E-state index in [0.29, 0.717) is 5.92 Å². The fourth-order valence-corrected chi connectivity index (χ4v) is 2.46. The van der Waals surface area contributed by atoms with E-state index in [2.05, 4.69) is 25.7 Å². The van der Waals surface area contributed by atoms with E-state index < -0.39 is 0 Å². The molecule has 0 spiro atoms. The minimum atomic E-state index is 0.683. The van der Waals surface area contributed by atoms with E-state index in [1.165, 1.54) is 32.4 Å². The highest BCUT2D eigenvalue weighted by molar-refractivity contribution is 4.80. The Bertz CT molecular complexity index is 156. The van der Waals surface area contributed by atoms with Gasteiger partial charge < -0.3 is 10.6 Å². The van der Waals surface area contributed by atoms with Crippen molar-refractivity contribution in [3.05, 3.63) is 0 Å². The molecule has 0 bridgehead atoms. The Morgan fingerprint density at radius 3 is 2.64 bits per heavy atom. The molecule has 0 aliphatic carbocycles. The van der Waals surface area contributed by atoms with Gasteiger partial charge in [-0.15, -0.1) is 0 Å². The third kappa shape index (κ3) is 2.96. The molecule has 1 heterocycles. The molecule has 84 valence electrons. The summed E-state index contributed by atoms with van der Waals surface area (Å²) in [5.74, 6) is 1.40. The molecule has 0 aromatic rings. The van der Waals surface area contributed by atoms with E-state index in [4.69, 9.17) is 5.73 Å². The van der Waals surface area contributed by atoms with E-state index in [0.717, 1.165) is 18.5 Å². The Morgan fingerprint density at radius 2 is 2.14 bits per heavy atom. The maximum absolute atomic E-state index is 5.81. The molecule has 2 heteroatoms. The molecule has 2 N–H and O–H groups in total. The largest absolute Gasteiger partial charge is 0.330 e. The first-order valence-corrected chi connectivity index (χ1v) is 6.13. The van der Waals surface area contributed by atoms with Gasteiger partial charge in [-0.3, -0.25) is 0 Å². The van der Waals surface area contributed by atoms with Gasteiger partial charge >= 0.3 is 0 Å². The lowest BCUT2D eigenvalue weighted by Crippen LogP contribution is -2.38. The molecule has 1 aliphatic rings. The van der Waals surface area contributed by atoms with Crippen LogP contribution in [-0.2, 0) is 0 Å². The van der Waals surface area contributed by atoms with E-state index in [-0.39, 0.29) is 0 Å². The number of nitrogens with zero attached hydrogens (tertiary/aromatic N) is 1. The topological polar surface area (TPSA) is 29.3 Å². The van der Waals surface area contributed by atoms with Crippen LogP contribution < -0.4 is 5.73 Å². The highest BCUT2D eigenvalue weighted by Crippen LogP contribution is 2.22. The second kappa shape index (κ2) is 5.72. The van der Waals surface area contributed by atoms with Crippen molar-refractivity contribution in [2.24, 2.45) is 17.6 Å². The molecule has 0 saturated carbocycles. The maximum Gasteiger partial charge on any atom is 0.00932 e. The van der Waals surface area contributed by atoms with Crippen LogP contribution >= 0.6 is 0 Å². The van der Waals surface area contributed by atoms with Gasteiger partial charge in [-0.1, -0.05) is 20.8 Å². The zero-order valence-electron chi connectivity index (χ0n) is 10.00. The second-order valence-corrected chi connectivity index (χ2v) is 4.94. The number of hydrogen-bond donors (Lipinski definition) is 1. The van der Waals surface area contributed by atoms with E-state index in [9.17, 15) is 0 Å². The summed E-state index contributed by atoms with van der Waals surface area (Å²) in [5.41, 5.74) is 5.81. The summed E-state index contributed by atoms with van der Waals surface area (Å²) in [6, 6.07) is 0.836. The van der Waals surface area contributed by atoms with Crippen molar-refractivity contribution in [3.63, 3.8) is 0 Å². The molecular weight excluding hydrogens is 172 g/mol. The monoisotopic (exact) mass is 198 g/mol. The van der Waals surface area contributed by atoms with Gasteiger partial charge in [0, 0.05) is 12.6 Å². The van der Waals surface area contributed by atoms with Crippen molar-refractivity contribution >= 4 is 0 Å². The van der Waals surface area contributed by atoms with Gasteiger partial charge in [0.25, 0.3) is 0 Å². The van der Waals surface area contributed by atoms with Crippen LogP contribution in [-0.4, -0.2) is 30.6 Å². The molecule has 1 rings (SSSR count). The first-order chi connectivity index (χ1) is 6.69. The van der Waals surface area contributed by atoms with Crippen molar-refractivity contribution in [1.82, 2.24) is 4.90 Å². The molecule has 2 atom stereocenters. The van der Waals surface area contributed by atoms with Crippen LogP contribution in [0.2, 0.25) is 0 Å². The van der Waals surface area contributed by atoms with Crippen LogP contribution in [0.3, 0.4) is 0 Å². The van der Waals surface area contributed by atoms with Gasteiger partial charge in [0.15, 0.2) is 0 Å². The standard InChI is InChI=1S/C12H26N2/c1-4-12-6-5-7-14(12)9-11(8-13)10(2)3/h10-12H,4-9,13H2,1-3H3. The number of hydrogen-bond acceptors (Lipinski definition) is 2. The molecule has 1 fully saturated rings. The molecule has 2 unspecified atom stereocenters. The first kappa shape index (κ1) is 12.0. The predicted molar refractivity (Wildman–Crippen MR) is 62.3 cm³/mol. The quantitative estimate of drug-likeness (QED) is 0.733. The normalized spacial score (nSPS) is 25.9. The number of nitrogens with two attached hydrogens (primary N) is 1. The van der Waals surface area contributed by atoms with Crippen molar-refractivity contribution in [2.45, 2.75) is 46.1 Å². The summed E-state index contributed by atoms with van der Waals surface area (Å²) in [4.78, 5) is 2.65. The third-order valence-corrected chi connectivity index (χ3v) is 3.68. The Balaban J connectivity index is 2.41. The SMILES string of the molecule is CCC1CCCN1CC(CN)C(C)C. The van der Waals surface area contributed by atoms with Crippen LogP contribution in [0.15, 0.2) is 0 Å². The Hall–Kier alpha value is -0.0800. The van der Waals surface area contributed by atoms with Crippen molar-refractivity contribution in [2.75, 3.05) is 19.6 Å². The Labute approximate surface area is 88.8 Å². The lowest BCUT2D eigenvalue weighted by molar-refractivity contribution is 0.187. The van der Waals surface area contributed by atoms with Crippen molar-refractivity contribution < 1.29 is 0 Å². The minimum Gasteiger partial charge on any atom is -0.330 e.